The lowest BCUT2D eigenvalue weighted by Crippen LogP contribution is -2.26. The molecule has 0 atom stereocenters. The summed E-state index contributed by atoms with van der Waals surface area (Å²) in [4.78, 5) is 19.5. The molecule has 0 bridgehead atoms. The largest absolute Gasteiger partial charge is 0.369 e. The van der Waals surface area contributed by atoms with Gasteiger partial charge in [-0.1, -0.05) is 0 Å². The molecule has 0 spiro atoms. The summed E-state index contributed by atoms with van der Waals surface area (Å²) in [5, 5.41) is 9.07. The van der Waals surface area contributed by atoms with Crippen molar-refractivity contribution in [2.45, 2.75) is 13.8 Å². The zero-order valence-corrected chi connectivity index (χ0v) is 11.1. The van der Waals surface area contributed by atoms with Crippen molar-refractivity contribution in [1.82, 2.24) is 19.7 Å². The van der Waals surface area contributed by atoms with E-state index >= 15 is 0 Å². The summed E-state index contributed by atoms with van der Waals surface area (Å²) in [6, 6.07) is 0. The number of anilines is 2. The minimum absolute atomic E-state index is 0.0397. The fraction of sp³-hybridized carbons (Fsp3) is 0.417. The van der Waals surface area contributed by atoms with Crippen molar-refractivity contribution < 1.29 is 4.79 Å². The highest BCUT2D eigenvalue weighted by Gasteiger charge is 2.06. The molecule has 0 aliphatic rings. The standard InChI is InChI=1S/C12H18N6O/c1-3-13-10-8-18-7-6-16-12(18)11(17-10)15-5-4-14-9(2)19/h6-8,13H,3-5H2,1-2H3,(H,14,19)(H,15,17). The molecule has 0 fully saturated rings. The second-order valence-corrected chi connectivity index (χ2v) is 4.07. The summed E-state index contributed by atoms with van der Waals surface area (Å²) in [5.74, 6) is 1.45. The van der Waals surface area contributed by atoms with E-state index < -0.39 is 0 Å². The van der Waals surface area contributed by atoms with E-state index in [-0.39, 0.29) is 5.91 Å². The second-order valence-electron chi connectivity index (χ2n) is 4.07. The minimum Gasteiger partial charge on any atom is -0.369 e. The zero-order valence-electron chi connectivity index (χ0n) is 11.1. The molecule has 0 aliphatic heterocycles. The summed E-state index contributed by atoms with van der Waals surface area (Å²) < 4.78 is 1.91. The van der Waals surface area contributed by atoms with Crippen LogP contribution in [0.15, 0.2) is 18.6 Å². The van der Waals surface area contributed by atoms with Crippen molar-refractivity contribution in [1.29, 1.82) is 0 Å². The van der Waals surface area contributed by atoms with Gasteiger partial charge >= 0.3 is 0 Å². The summed E-state index contributed by atoms with van der Waals surface area (Å²) in [5.41, 5.74) is 0.768. The van der Waals surface area contributed by atoms with E-state index in [0.29, 0.717) is 18.9 Å². The first-order valence-electron chi connectivity index (χ1n) is 6.26. The summed E-state index contributed by atoms with van der Waals surface area (Å²) >= 11 is 0. The molecule has 0 aromatic carbocycles. The lowest BCUT2D eigenvalue weighted by atomic mass is 10.5. The molecule has 1 amide bonds. The Balaban J connectivity index is 2.11. The first-order chi connectivity index (χ1) is 9.20. The Morgan fingerprint density at radius 2 is 2.21 bits per heavy atom. The average Bonchev–Trinajstić information content (AvgIpc) is 2.83. The third kappa shape index (κ3) is 3.34. The lowest BCUT2D eigenvalue weighted by molar-refractivity contribution is -0.118. The number of hydrogen-bond donors (Lipinski definition) is 3. The van der Waals surface area contributed by atoms with E-state index in [1.54, 1.807) is 6.20 Å². The quantitative estimate of drug-likeness (QED) is 0.668. The smallest absolute Gasteiger partial charge is 0.216 e. The van der Waals surface area contributed by atoms with Crippen molar-refractivity contribution in [3.8, 4) is 0 Å². The summed E-state index contributed by atoms with van der Waals surface area (Å²) in [6.45, 7) is 5.47. The molecular weight excluding hydrogens is 244 g/mol. The maximum atomic E-state index is 10.8. The second kappa shape index (κ2) is 6.03. The predicted octanol–water partition coefficient (Wildman–Crippen LogP) is 0.709. The predicted molar refractivity (Wildman–Crippen MR) is 74.3 cm³/mol. The van der Waals surface area contributed by atoms with E-state index in [4.69, 9.17) is 0 Å². The number of aromatic nitrogens is 3. The van der Waals surface area contributed by atoms with Gasteiger partial charge in [-0.2, -0.15) is 0 Å². The first kappa shape index (κ1) is 13.1. The van der Waals surface area contributed by atoms with Crippen molar-refractivity contribution in [2.24, 2.45) is 0 Å². The molecule has 2 heterocycles. The molecule has 0 radical (unpaired) electrons. The van der Waals surface area contributed by atoms with E-state index in [1.807, 2.05) is 23.7 Å². The lowest BCUT2D eigenvalue weighted by Gasteiger charge is -2.10. The van der Waals surface area contributed by atoms with Crippen LogP contribution in [-0.2, 0) is 4.79 Å². The minimum atomic E-state index is -0.0397. The first-order valence-corrected chi connectivity index (χ1v) is 6.26. The van der Waals surface area contributed by atoms with E-state index in [2.05, 4.69) is 25.9 Å². The van der Waals surface area contributed by atoms with Gasteiger partial charge in [0.15, 0.2) is 11.5 Å². The fourth-order valence-electron chi connectivity index (χ4n) is 1.74. The van der Waals surface area contributed by atoms with Crippen LogP contribution in [0, 0.1) is 0 Å². The molecular formula is C12H18N6O. The highest BCUT2D eigenvalue weighted by molar-refractivity contribution is 5.72. The van der Waals surface area contributed by atoms with Crippen LogP contribution in [0.2, 0.25) is 0 Å². The number of hydrogen-bond acceptors (Lipinski definition) is 5. The molecule has 7 heteroatoms. The Hall–Kier alpha value is -2.31. The molecule has 0 aliphatic carbocycles. The van der Waals surface area contributed by atoms with Crippen molar-refractivity contribution in [3.05, 3.63) is 18.6 Å². The van der Waals surface area contributed by atoms with Crippen molar-refractivity contribution in [2.75, 3.05) is 30.3 Å². The molecule has 0 saturated carbocycles. The number of amides is 1. The Labute approximate surface area is 111 Å². The van der Waals surface area contributed by atoms with Gasteiger partial charge in [0, 0.05) is 39.0 Å². The van der Waals surface area contributed by atoms with Crippen LogP contribution in [0.3, 0.4) is 0 Å². The van der Waals surface area contributed by atoms with Gasteiger partial charge in [0.05, 0.1) is 6.20 Å². The fourth-order valence-corrected chi connectivity index (χ4v) is 1.74. The number of nitrogens with zero attached hydrogens (tertiary/aromatic N) is 3. The Kier molecular flexibility index (Phi) is 4.17. The Morgan fingerprint density at radius 3 is 2.95 bits per heavy atom. The van der Waals surface area contributed by atoms with Gasteiger partial charge in [0.25, 0.3) is 0 Å². The van der Waals surface area contributed by atoms with Gasteiger partial charge in [0.2, 0.25) is 5.91 Å². The number of nitrogens with one attached hydrogen (secondary N) is 3. The number of rotatable bonds is 6. The molecule has 2 aromatic rings. The molecule has 0 saturated heterocycles. The number of imidazole rings is 1. The summed E-state index contributed by atoms with van der Waals surface area (Å²) in [6.07, 6.45) is 5.49. The molecule has 7 nitrogen and oxygen atoms in total. The van der Waals surface area contributed by atoms with Crippen LogP contribution in [0.5, 0.6) is 0 Å². The molecule has 102 valence electrons. The van der Waals surface area contributed by atoms with Gasteiger partial charge in [0.1, 0.15) is 5.82 Å². The molecule has 0 unspecified atom stereocenters. The van der Waals surface area contributed by atoms with Gasteiger partial charge < -0.3 is 20.4 Å². The van der Waals surface area contributed by atoms with E-state index in [1.165, 1.54) is 6.92 Å². The molecule has 2 rings (SSSR count). The Morgan fingerprint density at radius 1 is 1.37 bits per heavy atom. The third-order valence-electron chi connectivity index (χ3n) is 2.52. The van der Waals surface area contributed by atoms with Crippen LogP contribution in [-0.4, -0.2) is 39.9 Å². The van der Waals surface area contributed by atoms with E-state index in [9.17, 15) is 4.79 Å². The molecule has 19 heavy (non-hydrogen) atoms. The normalized spacial score (nSPS) is 10.4. The molecule has 3 N–H and O–H groups in total. The van der Waals surface area contributed by atoms with Gasteiger partial charge in [-0.3, -0.25) is 4.79 Å². The van der Waals surface area contributed by atoms with Gasteiger partial charge in [-0.05, 0) is 6.92 Å². The average molecular weight is 262 g/mol. The number of carbonyl (C=O) groups is 1. The van der Waals surface area contributed by atoms with E-state index in [0.717, 1.165) is 18.0 Å². The topological polar surface area (TPSA) is 83.4 Å². The van der Waals surface area contributed by atoms with Crippen LogP contribution in [0.25, 0.3) is 5.65 Å². The van der Waals surface area contributed by atoms with Crippen LogP contribution in [0.4, 0.5) is 11.6 Å². The Bertz CT molecular complexity index is 564. The van der Waals surface area contributed by atoms with Crippen LogP contribution < -0.4 is 16.0 Å². The zero-order chi connectivity index (χ0) is 13.7. The SMILES string of the molecule is CCNc1cn2ccnc2c(NCCNC(C)=O)n1. The number of fused-ring (bicyclic) bond motifs is 1. The third-order valence-corrected chi connectivity index (χ3v) is 2.52. The van der Waals surface area contributed by atoms with Crippen molar-refractivity contribution >= 4 is 23.2 Å². The van der Waals surface area contributed by atoms with Crippen LogP contribution >= 0.6 is 0 Å². The van der Waals surface area contributed by atoms with Gasteiger partial charge in [-0.15, -0.1) is 0 Å². The van der Waals surface area contributed by atoms with Crippen molar-refractivity contribution in [3.63, 3.8) is 0 Å². The van der Waals surface area contributed by atoms with Crippen LogP contribution in [0.1, 0.15) is 13.8 Å². The highest BCUT2D eigenvalue weighted by atomic mass is 16.1. The monoisotopic (exact) mass is 262 g/mol. The number of carbonyl (C=O) groups excluding carboxylic acids is 1. The maximum absolute atomic E-state index is 10.8. The molecule has 2 aromatic heterocycles. The van der Waals surface area contributed by atoms with Gasteiger partial charge in [-0.25, -0.2) is 9.97 Å². The summed E-state index contributed by atoms with van der Waals surface area (Å²) in [7, 11) is 0. The highest BCUT2D eigenvalue weighted by Crippen LogP contribution is 2.15. The maximum Gasteiger partial charge on any atom is 0.216 e.